The zero-order chi connectivity index (χ0) is 18.1. The molecule has 0 N–H and O–H groups in total. The first-order chi connectivity index (χ1) is 12.6. The molecule has 4 rings (SSSR count). The highest BCUT2D eigenvalue weighted by molar-refractivity contribution is 6.21. The zero-order valence-corrected chi connectivity index (χ0v) is 15.0. The second kappa shape index (κ2) is 6.92. The number of fused-ring (bicyclic) bond motifs is 1. The average Bonchev–Trinajstić information content (AvgIpc) is 2.92. The van der Waals surface area contributed by atoms with E-state index in [-0.39, 0.29) is 11.8 Å². The molecule has 1 saturated heterocycles. The van der Waals surface area contributed by atoms with Crippen LogP contribution in [-0.2, 0) is 0 Å². The quantitative estimate of drug-likeness (QED) is 0.795. The van der Waals surface area contributed by atoms with Gasteiger partial charge in [-0.25, -0.2) is 0 Å². The van der Waals surface area contributed by atoms with Crippen molar-refractivity contribution in [1.82, 2.24) is 9.80 Å². The molecule has 134 valence electrons. The van der Waals surface area contributed by atoms with Crippen molar-refractivity contribution in [1.29, 1.82) is 0 Å². The van der Waals surface area contributed by atoms with E-state index in [0.717, 1.165) is 32.7 Å². The number of carbonyl (C=O) groups is 2. The lowest BCUT2D eigenvalue weighted by atomic mass is 10.1. The third-order valence-corrected chi connectivity index (χ3v) is 5.29. The number of anilines is 1. The maximum Gasteiger partial charge on any atom is 0.261 e. The molecule has 2 heterocycles. The first-order valence-electron chi connectivity index (χ1n) is 9.13. The van der Waals surface area contributed by atoms with E-state index in [0.29, 0.717) is 17.7 Å². The van der Waals surface area contributed by atoms with Gasteiger partial charge in [0.05, 0.1) is 11.1 Å². The van der Waals surface area contributed by atoms with Crippen LogP contribution in [0, 0.1) is 6.92 Å². The number of imide groups is 1. The first kappa shape index (κ1) is 16.8. The lowest BCUT2D eigenvalue weighted by Crippen LogP contribution is -2.49. The minimum absolute atomic E-state index is 0.163. The van der Waals surface area contributed by atoms with Gasteiger partial charge >= 0.3 is 0 Å². The van der Waals surface area contributed by atoms with Gasteiger partial charge in [0.25, 0.3) is 11.8 Å². The predicted octanol–water partition coefficient (Wildman–Crippen LogP) is 2.41. The van der Waals surface area contributed by atoms with Crippen LogP contribution in [0.25, 0.3) is 0 Å². The normalized spacial score (nSPS) is 17.7. The standard InChI is InChI=1S/C21H23N3O2/c1-16-6-8-17(9-7-16)23-13-10-22(11-14-23)12-15-24-20(25)18-4-2-3-5-19(18)21(24)26/h2-9H,10-15H2,1H3. The van der Waals surface area contributed by atoms with Gasteiger partial charge in [-0.15, -0.1) is 0 Å². The van der Waals surface area contributed by atoms with Gasteiger partial charge in [-0.3, -0.25) is 19.4 Å². The van der Waals surface area contributed by atoms with Crippen molar-refractivity contribution in [2.75, 3.05) is 44.2 Å². The Bertz CT molecular complexity index is 788. The van der Waals surface area contributed by atoms with Gasteiger partial charge in [0, 0.05) is 45.0 Å². The fourth-order valence-electron chi connectivity index (χ4n) is 3.67. The van der Waals surface area contributed by atoms with Crippen LogP contribution in [0.2, 0.25) is 0 Å². The summed E-state index contributed by atoms with van der Waals surface area (Å²) in [4.78, 5) is 30.9. The smallest absolute Gasteiger partial charge is 0.261 e. The summed E-state index contributed by atoms with van der Waals surface area (Å²) in [6.45, 7) is 7.09. The van der Waals surface area contributed by atoms with Gasteiger partial charge in [0.2, 0.25) is 0 Å². The van der Waals surface area contributed by atoms with Crippen LogP contribution < -0.4 is 4.90 Å². The Morgan fingerprint density at radius 3 is 1.92 bits per heavy atom. The number of hydrogen-bond donors (Lipinski definition) is 0. The Morgan fingerprint density at radius 2 is 1.35 bits per heavy atom. The molecule has 2 aromatic carbocycles. The van der Waals surface area contributed by atoms with Crippen LogP contribution in [0.15, 0.2) is 48.5 Å². The van der Waals surface area contributed by atoms with E-state index in [9.17, 15) is 9.59 Å². The van der Waals surface area contributed by atoms with Crippen molar-refractivity contribution >= 4 is 17.5 Å². The maximum absolute atomic E-state index is 12.4. The van der Waals surface area contributed by atoms with Crippen molar-refractivity contribution in [2.45, 2.75) is 6.92 Å². The zero-order valence-electron chi connectivity index (χ0n) is 15.0. The first-order valence-corrected chi connectivity index (χ1v) is 9.13. The molecule has 0 atom stereocenters. The van der Waals surface area contributed by atoms with Gasteiger partial charge in [-0.1, -0.05) is 29.8 Å². The number of aryl methyl sites for hydroxylation is 1. The van der Waals surface area contributed by atoms with E-state index in [1.165, 1.54) is 16.2 Å². The van der Waals surface area contributed by atoms with Gasteiger partial charge in [0.15, 0.2) is 0 Å². The van der Waals surface area contributed by atoms with Gasteiger partial charge in [-0.2, -0.15) is 0 Å². The molecule has 2 aliphatic rings. The molecule has 0 radical (unpaired) electrons. The molecule has 2 aliphatic heterocycles. The molecule has 0 unspecified atom stereocenters. The Labute approximate surface area is 153 Å². The molecule has 5 nitrogen and oxygen atoms in total. The largest absolute Gasteiger partial charge is 0.369 e. The molecule has 5 heteroatoms. The summed E-state index contributed by atoms with van der Waals surface area (Å²) < 4.78 is 0. The maximum atomic E-state index is 12.4. The van der Waals surface area contributed by atoms with Gasteiger partial charge < -0.3 is 4.90 Å². The summed E-state index contributed by atoms with van der Waals surface area (Å²) in [7, 11) is 0. The minimum atomic E-state index is -0.163. The molecule has 26 heavy (non-hydrogen) atoms. The molecule has 0 saturated carbocycles. The number of nitrogens with zero attached hydrogens (tertiary/aromatic N) is 3. The van der Waals surface area contributed by atoms with Crippen LogP contribution in [0.4, 0.5) is 5.69 Å². The molecule has 0 aliphatic carbocycles. The minimum Gasteiger partial charge on any atom is -0.369 e. The predicted molar refractivity (Wildman–Crippen MR) is 102 cm³/mol. The van der Waals surface area contributed by atoms with Crippen molar-refractivity contribution in [3.05, 3.63) is 65.2 Å². The van der Waals surface area contributed by atoms with Crippen molar-refractivity contribution < 1.29 is 9.59 Å². The van der Waals surface area contributed by atoms with Crippen LogP contribution in [-0.4, -0.2) is 60.9 Å². The Hall–Kier alpha value is -2.66. The van der Waals surface area contributed by atoms with Crippen molar-refractivity contribution in [3.8, 4) is 0 Å². The SMILES string of the molecule is Cc1ccc(N2CCN(CCN3C(=O)c4ccccc4C3=O)CC2)cc1. The fraction of sp³-hybridized carbons (Fsp3) is 0.333. The molecule has 2 aromatic rings. The average molecular weight is 349 g/mol. The Balaban J connectivity index is 1.31. The summed E-state index contributed by atoms with van der Waals surface area (Å²) in [5.74, 6) is -0.326. The van der Waals surface area contributed by atoms with E-state index in [4.69, 9.17) is 0 Å². The van der Waals surface area contributed by atoms with E-state index < -0.39 is 0 Å². The van der Waals surface area contributed by atoms with Gasteiger partial charge in [-0.05, 0) is 31.2 Å². The number of hydrogen-bond acceptors (Lipinski definition) is 4. The molecule has 2 amide bonds. The number of carbonyl (C=O) groups excluding carboxylic acids is 2. The van der Waals surface area contributed by atoms with Crippen molar-refractivity contribution in [3.63, 3.8) is 0 Å². The van der Waals surface area contributed by atoms with E-state index in [1.807, 2.05) is 0 Å². The fourth-order valence-corrected chi connectivity index (χ4v) is 3.67. The van der Waals surface area contributed by atoms with E-state index in [1.54, 1.807) is 24.3 Å². The Kier molecular flexibility index (Phi) is 4.47. The lowest BCUT2D eigenvalue weighted by Gasteiger charge is -2.36. The summed E-state index contributed by atoms with van der Waals surface area (Å²) in [6, 6.07) is 15.7. The Morgan fingerprint density at radius 1 is 0.769 bits per heavy atom. The summed E-state index contributed by atoms with van der Waals surface area (Å²) in [5, 5.41) is 0. The monoisotopic (exact) mass is 349 g/mol. The van der Waals surface area contributed by atoms with Gasteiger partial charge in [0.1, 0.15) is 0 Å². The molecule has 1 fully saturated rings. The van der Waals surface area contributed by atoms with Crippen LogP contribution >= 0.6 is 0 Å². The number of piperazine rings is 1. The highest BCUT2D eigenvalue weighted by Crippen LogP contribution is 2.22. The number of rotatable bonds is 4. The molecular weight excluding hydrogens is 326 g/mol. The van der Waals surface area contributed by atoms with Crippen LogP contribution in [0.1, 0.15) is 26.3 Å². The number of amides is 2. The highest BCUT2D eigenvalue weighted by Gasteiger charge is 2.35. The highest BCUT2D eigenvalue weighted by atomic mass is 16.2. The van der Waals surface area contributed by atoms with Crippen molar-refractivity contribution in [2.24, 2.45) is 0 Å². The molecule has 0 bridgehead atoms. The molecular formula is C21H23N3O2. The summed E-state index contributed by atoms with van der Waals surface area (Å²) >= 11 is 0. The molecule has 0 spiro atoms. The second-order valence-electron chi connectivity index (χ2n) is 6.97. The van der Waals surface area contributed by atoms with Crippen LogP contribution in [0.3, 0.4) is 0 Å². The van der Waals surface area contributed by atoms with Crippen LogP contribution in [0.5, 0.6) is 0 Å². The summed E-state index contributed by atoms with van der Waals surface area (Å²) in [6.07, 6.45) is 0. The van der Waals surface area contributed by atoms with E-state index in [2.05, 4.69) is 41.0 Å². The number of benzene rings is 2. The third kappa shape index (κ3) is 3.10. The summed E-state index contributed by atoms with van der Waals surface area (Å²) in [5.41, 5.74) is 3.59. The lowest BCUT2D eigenvalue weighted by molar-refractivity contribution is 0.0635. The second-order valence-corrected chi connectivity index (χ2v) is 6.97. The molecule has 0 aromatic heterocycles. The van der Waals surface area contributed by atoms with E-state index >= 15 is 0 Å². The topological polar surface area (TPSA) is 43.9 Å². The third-order valence-electron chi connectivity index (χ3n) is 5.29.